The maximum Gasteiger partial charge on any atom is 0.180 e. The van der Waals surface area contributed by atoms with Crippen molar-refractivity contribution in [2.75, 3.05) is 13.7 Å². The van der Waals surface area contributed by atoms with E-state index in [0.717, 1.165) is 5.69 Å². The first-order valence-electron chi connectivity index (χ1n) is 3.89. The number of nitrogens with two attached hydrogens (primary N) is 1. The molecule has 0 amide bonds. The molecule has 1 heterocycles. The number of aliphatic hydroxyl groups excluding tert-OH is 2. The fraction of sp³-hybridized carbons (Fsp3) is 0.375. The van der Waals surface area contributed by atoms with Gasteiger partial charge in [-0.1, -0.05) is 0 Å². The van der Waals surface area contributed by atoms with Crippen molar-refractivity contribution in [3.63, 3.8) is 0 Å². The largest absolute Gasteiger partial charge is 0.393 e. The molecule has 0 bridgehead atoms. The van der Waals surface area contributed by atoms with Crippen LogP contribution in [0.2, 0.25) is 0 Å². The van der Waals surface area contributed by atoms with Crippen molar-refractivity contribution in [2.24, 2.45) is 0 Å². The minimum atomic E-state index is -0.906. The smallest absolute Gasteiger partial charge is 0.180 e. The average molecular weight is 185 g/mol. The number of pyridine rings is 1. The number of aliphatic hydroxyl groups is 2. The summed E-state index contributed by atoms with van der Waals surface area (Å²) in [7, 11) is 1.55. The minimum Gasteiger partial charge on any atom is -0.393 e. The molecule has 0 radical (unpaired) electrons. The zero-order valence-corrected chi connectivity index (χ0v) is 7.34. The maximum absolute atomic E-state index is 9.20. The Bertz CT molecular complexity index is 250. The van der Waals surface area contributed by atoms with Gasteiger partial charge in [-0.3, -0.25) is 4.98 Å². The molecule has 0 saturated heterocycles. The molecule has 1 aromatic rings. The molecule has 1 rings (SSSR count). The Morgan fingerprint density at radius 3 is 2.85 bits per heavy atom. The third-order valence-electron chi connectivity index (χ3n) is 1.58. The summed E-state index contributed by atoms with van der Waals surface area (Å²) in [6, 6.07) is 3.40. The standard InChI is InChI=1S/C8H12N2O3/c1-13-10-6-2-3-7(9-4-6)8(12)5-11/h2-4,8,10-12H,5H2,1H3/p+1. The Kier molecular flexibility index (Phi) is 3.78. The van der Waals surface area contributed by atoms with Crippen LogP contribution in [0.3, 0.4) is 0 Å². The van der Waals surface area contributed by atoms with Crippen molar-refractivity contribution in [2.45, 2.75) is 6.10 Å². The maximum atomic E-state index is 9.20. The van der Waals surface area contributed by atoms with Crippen LogP contribution in [-0.2, 0) is 4.84 Å². The molecule has 5 heteroatoms. The summed E-state index contributed by atoms with van der Waals surface area (Å²) in [6.07, 6.45) is 0.661. The fourth-order valence-electron chi connectivity index (χ4n) is 0.913. The van der Waals surface area contributed by atoms with Gasteiger partial charge in [0, 0.05) is 6.07 Å². The lowest BCUT2D eigenvalue weighted by atomic mass is 10.2. The van der Waals surface area contributed by atoms with E-state index in [9.17, 15) is 5.11 Å². The van der Waals surface area contributed by atoms with Gasteiger partial charge in [0.2, 0.25) is 0 Å². The van der Waals surface area contributed by atoms with Crippen LogP contribution in [0.5, 0.6) is 0 Å². The van der Waals surface area contributed by atoms with Gasteiger partial charge in [0.15, 0.2) is 5.69 Å². The van der Waals surface area contributed by atoms with E-state index in [-0.39, 0.29) is 6.61 Å². The monoisotopic (exact) mass is 185 g/mol. The zero-order valence-electron chi connectivity index (χ0n) is 7.34. The minimum absolute atomic E-state index is 0.319. The van der Waals surface area contributed by atoms with E-state index in [0.29, 0.717) is 5.69 Å². The van der Waals surface area contributed by atoms with Gasteiger partial charge in [-0.05, 0) is 6.07 Å². The van der Waals surface area contributed by atoms with E-state index in [1.165, 1.54) is 0 Å². The Morgan fingerprint density at radius 2 is 2.38 bits per heavy atom. The van der Waals surface area contributed by atoms with Gasteiger partial charge < -0.3 is 10.2 Å². The van der Waals surface area contributed by atoms with Crippen molar-refractivity contribution in [3.05, 3.63) is 24.0 Å². The SMILES string of the molecule is CO[NH2+]c1ccc(C(O)CO)nc1. The first-order chi connectivity index (χ1) is 6.27. The lowest BCUT2D eigenvalue weighted by molar-refractivity contribution is -0.830. The van der Waals surface area contributed by atoms with Gasteiger partial charge >= 0.3 is 0 Å². The summed E-state index contributed by atoms with van der Waals surface area (Å²) in [5, 5.41) is 17.8. The van der Waals surface area contributed by atoms with Crippen molar-refractivity contribution in [1.82, 2.24) is 4.98 Å². The topological polar surface area (TPSA) is 79.2 Å². The quantitative estimate of drug-likeness (QED) is 0.518. The zero-order chi connectivity index (χ0) is 9.68. The van der Waals surface area contributed by atoms with Crippen molar-refractivity contribution >= 4 is 5.69 Å². The lowest BCUT2D eigenvalue weighted by Crippen LogP contribution is -2.75. The number of quaternary nitrogens is 1. The van der Waals surface area contributed by atoms with Crippen molar-refractivity contribution in [1.29, 1.82) is 0 Å². The van der Waals surface area contributed by atoms with Gasteiger partial charge in [-0.25, -0.2) is 4.84 Å². The molecule has 0 aromatic carbocycles. The molecule has 1 atom stereocenters. The molecule has 0 spiro atoms. The highest BCUT2D eigenvalue weighted by molar-refractivity contribution is 5.25. The van der Waals surface area contributed by atoms with Crippen molar-refractivity contribution < 1.29 is 20.5 Å². The van der Waals surface area contributed by atoms with Crippen LogP contribution in [-0.4, -0.2) is 28.9 Å². The number of aromatic nitrogens is 1. The molecular weight excluding hydrogens is 172 g/mol. The molecule has 0 fully saturated rings. The van der Waals surface area contributed by atoms with E-state index in [2.05, 4.69) is 4.98 Å². The second kappa shape index (κ2) is 4.88. The summed E-state index contributed by atoms with van der Waals surface area (Å²) >= 11 is 0. The van der Waals surface area contributed by atoms with Crippen LogP contribution in [0.25, 0.3) is 0 Å². The third-order valence-corrected chi connectivity index (χ3v) is 1.58. The van der Waals surface area contributed by atoms with E-state index >= 15 is 0 Å². The summed E-state index contributed by atoms with van der Waals surface area (Å²) in [5.41, 5.74) is 2.81. The highest BCUT2D eigenvalue weighted by atomic mass is 16.6. The highest BCUT2D eigenvalue weighted by Gasteiger charge is 2.07. The van der Waals surface area contributed by atoms with E-state index in [4.69, 9.17) is 9.94 Å². The Balaban J connectivity index is 2.69. The second-order valence-corrected chi connectivity index (χ2v) is 2.57. The molecular formula is C8H13N2O3+. The predicted molar refractivity (Wildman–Crippen MR) is 44.9 cm³/mol. The third kappa shape index (κ3) is 2.74. The lowest BCUT2D eigenvalue weighted by Gasteiger charge is -2.05. The van der Waals surface area contributed by atoms with E-state index in [1.807, 2.05) is 0 Å². The molecule has 1 unspecified atom stereocenters. The van der Waals surface area contributed by atoms with E-state index < -0.39 is 6.10 Å². The fourth-order valence-corrected chi connectivity index (χ4v) is 0.913. The van der Waals surface area contributed by atoms with Crippen LogP contribution in [0.1, 0.15) is 11.8 Å². The Labute approximate surface area is 76.0 Å². The first-order valence-corrected chi connectivity index (χ1v) is 3.89. The van der Waals surface area contributed by atoms with Crippen LogP contribution in [0.4, 0.5) is 5.69 Å². The van der Waals surface area contributed by atoms with Crippen LogP contribution in [0, 0.1) is 0 Å². The molecule has 1 aromatic heterocycles. The van der Waals surface area contributed by atoms with Gasteiger partial charge in [0.05, 0.1) is 25.6 Å². The molecule has 72 valence electrons. The molecule has 13 heavy (non-hydrogen) atoms. The molecule has 0 aliphatic carbocycles. The molecule has 0 saturated carbocycles. The Morgan fingerprint density at radius 1 is 1.62 bits per heavy atom. The Hall–Kier alpha value is -1.01. The van der Waals surface area contributed by atoms with Gasteiger partial charge in [0.25, 0.3) is 0 Å². The summed E-state index contributed by atoms with van der Waals surface area (Å²) in [4.78, 5) is 8.72. The number of hydrogen-bond donors (Lipinski definition) is 3. The van der Waals surface area contributed by atoms with Crippen molar-refractivity contribution in [3.8, 4) is 0 Å². The van der Waals surface area contributed by atoms with Crippen LogP contribution < -0.4 is 5.48 Å². The van der Waals surface area contributed by atoms with Crippen LogP contribution in [0.15, 0.2) is 18.3 Å². The second-order valence-electron chi connectivity index (χ2n) is 2.57. The molecule has 0 aliphatic heterocycles. The molecule has 4 N–H and O–H groups in total. The summed E-state index contributed by atoms with van der Waals surface area (Å²) < 4.78 is 0. The van der Waals surface area contributed by atoms with Gasteiger partial charge in [-0.2, -0.15) is 5.48 Å². The van der Waals surface area contributed by atoms with Gasteiger partial charge in [0.1, 0.15) is 6.10 Å². The average Bonchev–Trinajstić information content (AvgIpc) is 2.18. The highest BCUT2D eigenvalue weighted by Crippen LogP contribution is 2.09. The molecule has 0 aliphatic rings. The summed E-state index contributed by atoms with van der Waals surface area (Å²) in [6.45, 7) is -0.319. The number of rotatable bonds is 4. The number of hydrogen-bond acceptors (Lipinski definition) is 4. The van der Waals surface area contributed by atoms with Gasteiger partial charge in [-0.15, -0.1) is 0 Å². The summed E-state index contributed by atoms with van der Waals surface area (Å²) in [5.74, 6) is 0. The normalized spacial score (nSPS) is 12.8. The number of nitrogens with zero attached hydrogens (tertiary/aromatic N) is 1. The molecule has 5 nitrogen and oxygen atoms in total. The van der Waals surface area contributed by atoms with E-state index in [1.54, 1.807) is 30.9 Å². The first kappa shape index (κ1) is 10.1. The van der Waals surface area contributed by atoms with Crippen LogP contribution >= 0.6 is 0 Å². The predicted octanol–water partition coefficient (Wildman–Crippen LogP) is -1.14.